The first-order chi connectivity index (χ1) is 47.4. The molecule has 3 aliphatic rings. The van der Waals surface area contributed by atoms with Gasteiger partial charge in [0.2, 0.25) is 11.8 Å². The van der Waals surface area contributed by atoms with Crippen LogP contribution < -0.4 is 10.6 Å². The molecule has 3 aliphatic heterocycles. The molecule has 2 N–H and O–H groups in total. The monoisotopic (exact) mass is 1420 g/mol. The van der Waals surface area contributed by atoms with Gasteiger partial charge < -0.3 is 62.4 Å². The van der Waals surface area contributed by atoms with Gasteiger partial charge in [-0.3, -0.25) is 42.3 Å². The van der Waals surface area contributed by atoms with E-state index in [4.69, 9.17) is 65.4 Å². The summed E-state index contributed by atoms with van der Waals surface area (Å²) in [6.07, 6.45) is -12.2. The molecule has 2 saturated heterocycles. The molecule has 0 bridgehead atoms. The molecule has 7 rings (SSSR count). The van der Waals surface area contributed by atoms with Crippen LogP contribution in [0.2, 0.25) is 18.1 Å². The maximum Gasteiger partial charge on any atom is 0.475 e. The van der Waals surface area contributed by atoms with Crippen molar-refractivity contribution in [2.24, 2.45) is 5.92 Å². The van der Waals surface area contributed by atoms with E-state index in [1.54, 1.807) is 34.6 Å². The average molecular weight is 1420 g/mol. The number of esters is 4. The van der Waals surface area contributed by atoms with Gasteiger partial charge in [0, 0.05) is 18.8 Å². The van der Waals surface area contributed by atoms with Gasteiger partial charge in [-0.2, -0.15) is 0 Å². The fourth-order valence-electron chi connectivity index (χ4n) is 11.2. The SMILES string of the molecule is CCC(=O)O[C@H](CC)CC(=O)NC1[C@H](O[Si](C)(C)C(C)(C)C)OC(CO[C@@H]2OC(COCc3ccccc3)[C@H](OP3(=O)OCc4ccccc4CO3)[C@H](OC(=O)C[C@H](CC)OCc3ccccc3)C2NC(=O)C[C@@H](CC)OC(=O)CC)[C@H](C)[C@@H]1OC(=O)C[C@H](CC)OCc1ccccc1. The number of benzene rings is 4. The van der Waals surface area contributed by atoms with E-state index >= 15 is 4.57 Å². The molecule has 14 atom stereocenters. The highest BCUT2D eigenvalue weighted by atomic mass is 31.2. The van der Waals surface area contributed by atoms with Crippen LogP contribution in [0.3, 0.4) is 0 Å². The molecular weight excluding hydrogens is 1310 g/mol. The molecule has 3 heterocycles. The molecular formula is C74H105N2O21PSi. The summed E-state index contributed by atoms with van der Waals surface area (Å²) >= 11 is 0. The summed E-state index contributed by atoms with van der Waals surface area (Å²) in [5, 5.41) is 5.67. The predicted octanol–water partition coefficient (Wildman–Crippen LogP) is 12.4. The zero-order chi connectivity index (χ0) is 71.7. The van der Waals surface area contributed by atoms with E-state index in [0.29, 0.717) is 30.4 Å². The van der Waals surface area contributed by atoms with Crippen LogP contribution in [0.5, 0.6) is 0 Å². The summed E-state index contributed by atoms with van der Waals surface area (Å²) in [6, 6.07) is 32.9. The van der Waals surface area contributed by atoms with E-state index < -0.39 is 149 Å². The Balaban J connectivity index is 1.32. The Morgan fingerprint density at radius 2 is 0.949 bits per heavy atom. The lowest BCUT2D eigenvalue weighted by atomic mass is 9.88. The number of hydrogen-bond donors (Lipinski definition) is 2. The topological polar surface area (TPSA) is 273 Å². The summed E-state index contributed by atoms with van der Waals surface area (Å²) in [5.74, 6) is -4.48. The van der Waals surface area contributed by atoms with Crippen LogP contribution in [0.4, 0.5) is 0 Å². The number of rotatable bonds is 37. The predicted molar refractivity (Wildman–Crippen MR) is 369 cm³/mol. The molecule has 4 aromatic rings. The first-order valence-corrected chi connectivity index (χ1v) is 39.3. The number of carbonyl (C=O) groups is 6. The fourth-order valence-corrected chi connectivity index (χ4v) is 13.7. The van der Waals surface area contributed by atoms with E-state index in [9.17, 15) is 28.8 Å². The minimum atomic E-state index is -4.68. The second-order valence-corrected chi connectivity index (χ2v) is 33.2. The maximum atomic E-state index is 15.3. The van der Waals surface area contributed by atoms with E-state index in [0.717, 1.165) is 16.7 Å². The first kappa shape index (κ1) is 80.1. The van der Waals surface area contributed by atoms with Gasteiger partial charge in [-0.1, -0.05) is 184 Å². The Hall–Kier alpha value is -6.25. The van der Waals surface area contributed by atoms with Crippen LogP contribution in [-0.2, 0) is 132 Å². The fraction of sp³-hybridized carbons (Fsp3) is 0.595. The molecule has 0 radical (unpaired) electrons. The van der Waals surface area contributed by atoms with E-state index in [1.807, 2.05) is 163 Å². The van der Waals surface area contributed by atoms with Crippen LogP contribution >= 0.6 is 7.82 Å². The largest absolute Gasteiger partial charge is 0.475 e. The third-order valence-corrected chi connectivity index (χ3v) is 24.2. The van der Waals surface area contributed by atoms with Crippen molar-refractivity contribution in [1.29, 1.82) is 0 Å². The van der Waals surface area contributed by atoms with Crippen LogP contribution in [0, 0.1) is 5.92 Å². The third-order valence-electron chi connectivity index (χ3n) is 18.3. The lowest BCUT2D eigenvalue weighted by Crippen LogP contribution is -2.67. The van der Waals surface area contributed by atoms with Crippen molar-refractivity contribution in [1.82, 2.24) is 10.6 Å². The number of phosphoric ester groups is 1. The quantitative estimate of drug-likeness (QED) is 0.0184. The van der Waals surface area contributed by atoms with Crippen LogP contribution in [-0.4, -0.2) is 137 Å². The normalized spacial score (nSPS) is 23.6. The van der Waals surface area contributed by atoms with Gasteiger partial charge in [0.15, 0.2) is 27.0 Å². The van der Waals surface area contributed by atoms with Gasteiger partial charge >= 0.3 is 31.7 Å². The molecule has 0 aliphatic carbocycles. The maximum absolute atomic E-state index is 15.3. The molecule has 4 aromatic carbocycles. The Labute approximate surface area is 585 Å². The molecule has 4 unspecified atom stereocenters. The van der Waals surface area contributed by atoms with Gasteiger partial charge in [0.05, 0.1) is 90.2 Å². The van der Waals surface area contributed by atoms with Crippen molar-refractivity contribution in [2.45, 2.75) is 264 Å². The van der Waals surface area contributed by atoms with Gasteiger partial charge in [0.25, 0.3) is 0 Å². The lowest BCUT2D eigenvalue weighted by Gasteiger charge is -2.49. The minimum absolute atomic E-state index is 0.0485. The molecule has 546 valence electrons. The Bertz CT molecular complexity index is 3180. The molecule has 2 amide bonds. The zero-order valence-electron chi connectivity index (χ0n) is 59.6. The van der Waals surface area contributed by atoms with Crippen molar-refractivity contribution >= 4 is 51.8 Å². The highest BCUT2D eigenvalue weighted by molar-refractivity contribution is 7.48. The number of carbonyl (C=O) groups excluding carboxylic acids is 6. The lowest BCUT2D eigenvalue weighted by molar-refractivity contribution is -0.293. The molecule has 0 saturated carbocycles. The Morgan fingerprint density at radius 3 is 1.39 bits per heavy atom. The second kappa shape index (κ2) is 39.2. The number of nitrogens with one attached hydrogen (secondary N) is 2. The minimum Gasteiger partial charge on any atom is -0.462 e. The number of fused-ring (bicyclic) bond motifs is 1. The summed E-state index contributed by atoms with van der Waals surface area (Å²) in [4.78, 5) is 84.3. The van der Waals surface area contributed by atoms with Gasteiger partial charge in [-0.15, -0.1) is 0 Å². The summed E-state index contributed by atoms with van der Waals surface area (Å²) < 4.78 is 106. The molecule has 0 spiro atoms. The van der Waals surface area contributed by atoms with Crippen LogP contribution in [0.25, 0.3) is 0 Å². The molecule has 0 aromatic heterocycles. The van der Waals surface area contributed by atoms with E-state index in [1.165, 1.54) is 0 Å². The molecule has 25 heteroatoms. The van der Waals surface area contributed by atoms with E-state index in [2.05, 4.69) is 10.6 Å². The van der Waals surface area contributed by atoms with Gasteiger partial charge in [0.1, 0.15) is 42.6 Å². The smallest absolute Gasteiger partial charge is 0.462 e. The van der Waals surface area contributed by atoms with Gasteiger partial charge in [-0.05, 0) is 71.6 Å². The highest BCUT2D eigenvalue weighted by Crippen LogP contribution is 2.55. The van der Waals surface area contributed by atoms with Gasteiger partial charge in [-0.25, -0.2) is 4.57 Å². The molecule has 99 heavy (non-hydrogen) atoms. The van der Waals surface area contributed by atoms with Crippen molar-refractivity contribution in [2.75, 3.05) is 13.2 Å². The highest BCUT2D eigenvalue weighted by Gasteiger charge is 2.56. The van der Waals surface area contributed by atoms with Crippen LogP contribution in [0.1, 0.15) is 161 Å². The number of ether oxygens (including phenoxy) is 10. The zero-order valence-corrected chi connectivity index (χ0v) is 61.5. The van der Waals surface area contributed by atoms with E-state index in [-0.39, 0.29) is 84.6 Å². The molecule has 23 nitrogen and oxygen atoms in total. The summed E-state index contributed by atoms with van der Waals surface area (Å²) in [7, 11) is -7.58. The van der Waals surface area contributed by atoms with Crippen molar-refractivity contribution in [3.8, 4) is 0 Å². The summed E-state index contributed by atoms with van der Waals surface area (Å²) in [6.45, 7) is 21.9. The number of amides is 2. The number of hydrogen-bond acceptors (Lipinski definition) is 21. The first-order valence-electron chi connectivity index (χ1n) is 34.9. The molecule has 2 fully saturated rings. The standard InChI is InChI=1S/C74H105N2O21PSi/c1-13-55(85-43-51-32-24-20-25-33-51)40-65(81)94-69-49(7)59(92-73(97-99(11,12)74(8,9)10)67(69)75-61(77)38-57(15-3)90-63(79)17-5)48-87-72-68(76-62(78)39-58(16-4)91-64(80)18-6)71(95-66(82)41-56(14-2)86-44-52-34-26-21-27-35-52)70(60(93-72)47-84-42-50-30-22-19-23-31-50)96-98(83)88-45-53-36-28-29-37-54(53)46-89-98/h19-37,49,55-60,67-73H,13-18,38-48H2,1-12H3,(H,75,77)(H,76,78)/t49-,55-,56-,57+,58+,59?,60?,67?,68?,69-,70-,71+,72+,73-/m0/s1. The Kier molecular flexibility index (Phi) is 31.7. The van der Waals surface area contributed by atoms with Crippen molar-refractivity contribution in [3.63, 3.8) is 0 Å². The Morgan fingerprint density at radius 1 is 0.525 bits per heavy atom. The summed E-state index contributed by atoms with van der Waals surface area (Å²) in [5.41, 5.74) is 3.97. The van der Waals surface area contributed by atoms with Crippen LogP contribution in [0.15, 0.2) is 115 Å². The third kappa shape index (κ3) is 24.8. The number of phosphoric acid groups is 1. The van der Waals surface area contributed by atoms with Crippen molar-refractivity contribution < 1.29 is 98.7 Å². The average Bonchev–Trinajstić information content (AvgIpc) is 1.29. The second-order valence-electron chi connectivity index (χ2n) is 26.8. The van der Waals surface area contributed by atoms with Crippen molar-refractivity contribution in [3.05, 3.63) is 143 Å².